The molecule has 5 nitrogen and oxygen atoms in total. The minimum Gasteiger partial charge on any atom is -0.478 e. The van der Waals surface area contributed by atoms with E-state index in [4.69, 9.17) is 9.72 Å². The van der Waals surface area contributed by atoms with Gasteiger partial charge in [-0.25, -0.2) is 9.97 Å². The fourth-order valence-corrected chi connectivity index (χ4v) is 3.58. The van der Waals surface area contributed by atoms with Gasteiger partial charge in [0.1, 0.15) is 0 Å². The lowest BCUT2D eigenvalue weighted by molar-refractivity contribution is 0.264. The molecule has 1 atom stereocenters. The summed E-state index contributed by atoms with van der Waals surface area (Å²) >= 11 is 0. The maximum atomic E-state index is 9.30. The molecule has 0 aliphatic carbocycles. The van der Waals surface area contributed by atoms with E-state index in [0.29, 0.717) is 12.5 Å². The first-order valence-corrected chi connectivity index (χ1v) is 9.72. The molecule has 0 radical (unpaired) electrons. The average Bonchev–Trinajstić information content (AvgIpc) is 2.97. The standard InChI is InChI=1S/C22H29N3O2/c1-6-18-17(8-9-20(23-18)27-7-2)21-14(3)12-19-22(24-21)15(4)13-25(19)16(5)10-11-26/h8-9,12-13,16,26H,6-7,10-11H2,1-5H3/t16-/m1/s1. The summed E-state index contributed by atoms with van der Waals surface area (Å²) < 4.78 is 7.78. The number of fused-ring (bicyclic) bond motifs is 1. The molecule has 0 amide bonds. The first-order chi connectivity index (χ1) is 13.0. The number of aryl methyl sites for hydroxylation is 3. The number of hydrogen-bond donors (Lipinski definition) is 1. The van der Waals surface area contributed by atoms with E-state index in [1.165, 1.54) is 0 Å². The summed E-state index contributed by atoms with van der Waals surface area (Å²) in [5.74, 6) is 0.664. The number of hydrogen-bond acceptors (Lipinski definition) is 4. The molecule has 0 aliphatic heterocycles. The van der Waals surface area contributed by atoms with Crippen molar-refractivity contribution in [1.29, 1.82) is 0 Å². The van der Waals surface area contributed by atoms with Crippen molar-refractivity contribution in [3.05, 3.63) is 41.2 Å². The van der Waals surface area contributed by atoms with Gasteiger partial charge in [0, 0.05) is 30.5 Å². The predicted molar refractivity (Wildman–Crippen MR) is 109 cm³/mol. The lowest BCUT2D eigenvalue weighted by atomic mass is 10.0. The highest BCUT2D eigenvalue weighted by Gasteiger charge is 2.17. The maximum absolute atomic E-state index is 9.30. The first-order valence-electron chi connectivity index (χ1n) is 9.72. The smallest absolute Gasteiger partial charge is 0.213 e. The van der Waals surface area contributed by atoms with Gasteiger partial charge in [-0.1, -0.05) is 6.92 Å². The highest BCUT2D eigenvalue weighted by molar-refractivity contribution is 5.84. The maximum Gasteiger partial charge on any atom is 0.213 e. The minimum absolute atomic E-state index is 0.183. The molecule has 0 spiro atoms. The Morgan fingerprint density at radius 1 is 1.15 bits per heavy atom. The summed E-state index contributed by atoms with van der Waals surface area (Å²) in [6, 6.07) is 6.43. The second-order valence-electron chi connectivity index (χ2n) is 7.03. The molecule has 1 N–H and O–H groups in total. The van der Waals surface area contributed by atoms with Crippen molar-refractivity contribution < 1.29 is 9.84 Å². The first kappa shape index (κ1) is 19.4. The van der Waals surface area contributed by atoms with E-state index in [-0.39, 0.29) is 12.6 Å². The van der Waals surface area contributed by atoms with Crippen molar-refractivity contribution in [2.45, 2.75) is 53.5 Å². The number of aliphatic hydroxyl groups is 1. The van der Waals surface area contributed by atoms with E-state index in [1.807, 2.05) is 13.0 Å². The molecule has 5 heteroatoms. The number of pyridine rings is 2. The van der Waals surface area contributed by atoms with Gasteiger partial charge in [-0.15, -0.1) is 0 Å². The normalized spacial score (nSPS) is 12.5. The lowest BCUT2D eigenvalue weighted by Crippen LogP contribution is -2.06. The van der Waals surface area contributed by atoms with Crippen molar-refractivity contribution >= 4 is 11.0 Å². The zero-order valence-corrected chi connectivity index (χ0v) is 16.9. The summed E-state index contributed by atoms with van der Waals surface area (Å²) in [6.45, 7) is 11.2. The van der Waals surface area contributed by atoms with Crippen LogP contribution in [-0.2, 0) is 6.42 Å². The Morgan fingerprint density at radius 2 is 1.93 bits per heavy atom. The Balaban J connectivity index is 2.14. The summed E-state index contributed by atoms with van der Waals surface area (Å²) in [5, 5.41) is 9.30. The van der Waals surface area contributed by atoms with Gasteiger partial charge >= 0.3 is 0 Å². The lowest BCUT2D eigenvalue weighted by Gasteiger charge is -2.15. The Morgan fingerprint density at radius 3 is 2.59 bits per heavy atom. The summed E-state index contributed by atoms with van der Waals surface area (Å²) in [7, 11) is 0. The van der Waals surface area contributed by atoms with Gasteiger partial charge in [-0.2, -0.15) is 0 Å². The van der Waals surface area contributed by atoms with Crippen LogP contribution in [0.3, 0.4) is 0 Å². The van der Waals surface area contributed by atoms with Crippen LogP contribution in [0.2, 0.25) is 0 Å². The number of nitrogens with zero attached hydrogens (tertiary/aromatic N) is 3. The third-order valence-corrected chi connectivity index (χ3v) is 5.03. The van der Waals surface area contributed by atoms with Crippen LogP contribution in [0.15, 0.2) is 24.4 Å². The topological polar surface area (TPSA) is 60.2 Å². The van der Waals surface area contributed by atoms with Crippen LogP contribution in [-0.4, -0.2) is 32.9 Å². The van der Waals surface area contributed by atoms with Crippen LogP contribution in [0.25, 0.3) is 22.3 Å². The fourth-order valence-electron chi connectivity index (χ4n) is 3.58. The van der Waals surface area contributed by atoms with E-state index in [9.17, 15) is 5.11 Å². The minimum atomic E-state index is 0.183. The van der Waals surface area contributed by atoms with E-state index in [1.54, 1.807) is 0 Å². The van der Waals surface area contributed by atoms with Crippen LogP contribution in [0.4, 0.5) is 0 Å². The Hall–Kier alpha value is -2.40. The number of rotatable bonds is 7. The van der Waals surface area contributed by atoms with Crippen LogP contribution < -0.4 is 4.74 Å². The molecule has 0 aliphatic rings. The van der Waals surface area contributed by atoms with E-state index in [0.717, 1.165) is 52.0 Å². The summed E-state index contributed by atoms with van der Waals surface area (Å²) in [6.07, 6.45) is 3.69. The van der Waals surface area contributed by atoms with Gasteiger partial charge in [0.15, 0.2) is 0 Å². The Labute approximate surface area is 161 Å². The summed E-state index contributed by atoms with van der Waals surface area (Å²) in [4.78, 5) is 9.69. The van der Waals surface area contributed by atoms with E-state index < -0.39 is 0 Å². The van der Waals surface area contributed by atoms with Gasteiger partial charge in [-0.05, 0) is 63.8 Å². The van der Waals surface area contributed by atoms with Crippen molar-refractivity contribution in [3.63, 3.8) is 0 Å². The molecule has 0 saturated carbocycles. The van der Waals surface area contributed by atoms with E-state index in [2.05, 4.69) is 55.6 Å². The Kier molecular flexibility index (Phi) is 5.80. The molecule has 0 bridgehead atoms. The highest BCUT2D eigenvalue weighted by Crippen LogP contribution is 2.32. The molecule has 3 rings (SSSR count). The average molecular weight is 367 g/mol. The third kappa shape index (κ3) is 3.69. The number of aliphatic hydroxyl groups excluding tert-OH is 1. The number of aromatic nitrogens is 3. The van der Waals surface area contributed by atoms with Gasteiger partial charge in [0.2, 0.25) is 5.88 Å². The van der Waals surface area contributed by atoms with Crippen molar-refractivity contribution in [2.24, 2.45) is 0 Å². The zero-order chi connectivity index (χ0) is 19.6. The van der Waals surface area contributed by atoms with E-state index >= 15 is 0 Å². The molecule has 3 aromatic rings. The quantitative estimate of drug-likeness (QED) is 0.662. The highest BCUT2D eigenvalue weighted by atomic mass is 16.5. The van der Waals surface area contributed by atoms with Gasteiger partial charge in [0.05, 0.1) is 29.0 Å². The molecule has 144 valence electrons. The summed E-state index contributed by atoms with van der Waals surface area (Å²) in [5.41, 5.74) is 7.44. The Bertz CT molecular complexity index is 946. The molecule has 0 fully saturated rings. The molecular formula is C22H29N3O2. The van der Waals surface area contributed by atoms with Crippen molar-refractivity contribution in [2.75, 3.05) is 13.2 Å². The third-order valence-electron chi connectivity index (χ3n) is 5.03. The van der Waals surface area contributed by atoms with Crippen LogP contribution in [0.5, 0.6) is 5.88 Å². The van der Waals surface area contributed by atoms with Crippen LogP contribution in [0, 0.1) is 13.8 Å². The molecule has 3 heterocycles. The molecule has 0 unspecified atom stereocenters. The molecule has 27 heavy (non-hydrogen) atoms. The van der Waals surface area contributed by atoms with Gasteiger partial charge in [-0.3, -0.25) is 0 Å². The van der Waals surface area contributed by atoms with Crippen molar-refractivity contribution in [3.8, 4) is 17.1 Å². The second-order valence-corrected chi connectivity index (χ2v) is 7.03. The van der Waals surface area contributed by atoms with Crippen molar-refractivity contribution in [1.82, 2.24) is 14.5 Å². The SMILES string of the molecule is CCOc1ccc(-c2nc3c(C)cn([C@H](C)CCO)c3cc2C)c(CC)n1. The fraction of sp³-hybridized carbons (Fsp3) is 0.455. The van der Waals surface area contributed by atoms with Crippen LogP contribution in [0.1, 0.15) is 50.1 Å². The van der Waals surface area contributed by atoms with Gasteiger partial charge < -0.3 is 14.4 Å². The zero-order valence-electron chi connectivity index (χ0n) is 16.9. The molecule has 0 saturated heterocycles. The number of ether oxygens (including phenoxy) is 1. The predicted octanol–water partition coefficient (Wildman–Crippen LogP) is 4.62. The van der Waals surface area contributed by atoms with Gasteiger partial charge in [0.25, 0.3) is 0 Å². The molecular weight excluding hydrogens is 338 g/mol. The molecule has 0 aromatic carbocycles. The largest absolute Gasteiger partial charge is 0.478 e. The molecule has 3 aromatic heterocycles. The second kappa shape index (κ2) is 8.09. The monoisotopic (exact) mass is 367 g/mol. The van der Waals surface area contributed by atoms with Crippen LogP contribution >= 0.6 is 0 Å².